The Morgan fingerprint density at radius 1 is 1.30 bits per heavy atom. The molecule has 6 heteroatoms. The van der Waals surface area contributed by atoms with Crippen LogP contribution in [0.3, 0.4) is 0 Å². The van der Waals surface area contributed by atoms with Gasteiger partial charge in [0.2, 0.25) is 6.41 Å². The van der Waals surface area contributed by atoms with Gasteiger partial charge in [0, 0.05) is 18.4 Å². The van der Waals surface area contributed by atoms with Gasteiger partial charge in [-0.05, 0) is 38.0 Å². The highest BCUT2D eigenvalue weighted by atomic mass is 19.1. The van der Waals surface area contributed by atoms with Crippen molar-refractivity contribution in [2.75, 3.05) is 0 Å². The molecule has 0 aliphatic heterocycles. The Morgan fingerprint density at radius 3 is 2.48 bits per heavy atom. The van der Waals surface area contributed by atoms with Crippen molar-refractivity contribution in [1.82, 2.24) is 4.90 Å². The lowest BCUT2D eigenvalue weighted by molar-refractivity contribution is -0.129. The summed E-state index contributed by atoms with van der Waals surface area (Å²) in [7, 11) is 0. The molecule has 23 heavy (non-hydrogen) atoms. The van der Waals surface area contributed by atoms with Crippen LogP contribution >= 0.6 is 0 Å². The standard InChI is InChI=1S/C17H20FNO4/c1-4-14(22)7-8-16(12(3)21)19(10-20)17(23)15-9-13(18)6-5-11(15)2/h5-6,9-10,16H,4,7-8H2,1-3H3. The van der Waals surface area contributed by atoms with Gasteiger partial charge >= 0.3 is 0 Å². The van der Waals surface area contributed by atoms with E-state index in [1.807, 2.05) is 0 Å². The lowest BCUT2D eigenvalue weighted by Gasteiger charge is -2.25. The third-order valence-electron chi connectivity index (χ3n) is 3.67. The molecule has 0 aliphatic carbocycles. The van der Waals surface area contributed by atoms with Crippen LogP contribution in [-0.4, -0.2) is 34.8 Å². The van der Waals surface area contributed by atoms with Crippen LogP contribution in [0.4, 0.5) is 4.39 Å². The molecule has 1 atom stereocenters. The van der Waals surface area contributed by atoms with E-state index in [0.717, 1.165) is 11.0 Å². The molecule has 0 spiro atoms. The zero-order chi connectivity index (χ0) is 17.6. The van der Waals surface area contributed by atoms with Crippen LogP contribution in [0.2, 0.25) is 0 Å². The number of benzene rings is 1. The van der Waals surface area contributed by atoms with Crippen LogP contribution in [0.1, 0.15) is 49.0 Å². The van der Waals surface area contributed by atoms with Crippen molar-refractivity contribution in [2.24, 2.45) is 0 Å². The van der Waals surface area contributed by atoms with Gasteiger partial charge in [0.25, 0.3) is 5.91 Å². The summed E-state index contributed by atoms with van der Waals surface area (Å²) < 4.78 is 13.4. The van der Waals surface area contributed by atoms with Crippen molar-refractivity contribution in [3.63, 3.8) is 0 Å². The van der Waals surface area contributed by atoms with Gasteiger partial charge < -0.3 is 0 Å². The first-order chi connectivity index (χ1) is 10.8. The topological polar surface area (TPSA) is 71.5 Å². The summed E-state index contributed by atoms with van der Waals surface area (Å²) in [5, 5.41) is 0. The van der Waals surface area contributed by atoms with Crippen molar-refractivity contribution in [1.29, 1.82) is 0 Å². The number of nitrogens with zero attached hydrogens (tertiary/aromatic N) is 1. The fourth-order valence-electron chi connectivity index (χ4n) is 2.24. The Bertz CT molecular complexity index is 627. The third kappa shape index (κ3) is 4.81. The fraction of sp³-hybridized carbons (Fsp3) is 0.412. The number of ketones is 2. The van der Waals surface area contributed by atoms with E-state index in [2.05, 4.69) is 0 Å². The highest BCUT2D eigenvalue weighted by molar-refractivity contribution is 6.04. The number of carbonyl (C=O) groups excluding carboxylic acids is 4. The Morgan fingerprint density at radius 2 is 1.96 bits per heavy atom. The van der Waals surface area contributed by atoms with Crippen LogP contribution in [0.15, 0.2) is 18.2 Å². The van der Waals surface area contributed by atoms with Gasteiger partial charge in [0.1, 0.15) is 11.6 Å². The first-order valence-electron chi connectivity index (χ1n) is 7.38. The van der Waals surface area contributed by atoms with Crippen LogP contribution in [0, 0.1) is 12.7 Å². The number of imide groups is 1. The Labute approximate surface area is 134 Å². The number of amides is 2. The summed E-state index contributed by atoms with van der Waals surface area (Å²) >= 11 is 0. The molecule has 0 saturated heterocycles. The molecular weight excluding hydrogens is 301 g/mol. The minimum absolute atomic E-state index is 0.0187. The molecule has 1 aromatic carbocycles. The zero-order valence-corrected chi connectivity index (χ0v) is 13.5. The molecule has 0 fully saturated rings. The minimum Gasteiger partial charge on any atom is -0.300 e. The van der Waals surface area contributed by atoms with E-state index in [1.165, 1.54) is 19.1 Å². The molecule has 0 heterocycles. The maximum Gasteiger partial charge on any atom is 0.261 e. The Kier molecular flexibility index (Phi) is 6.75. The second-order valence-corrected chi connectivity index (χ2v) is 5.33. The smallest absolute Gasteiger partial charge is 0.261 e. The fourth-order valence-corrected chi connectivity index (χ4v) is 2.24. The average molecular weight is 321 g/mol. The second kappa shape index (κ2) is 8.31. The molecule has 0 radical (unpaired) electrons. The maximum atomic E-state index is 13.4. The molecule has 0 aliphatic rings. The minimum atomic E-state index is -1.03. The Balaban J connectivity index is 3.08. The molecule has 0 saturated carbocycles. The van der Waals surface area contributed by atoms with E-state index in [4.69, 9.17) is 0 Å². The summed E-state index contributed by atoms with van der Waals surface area (Å²) in [6, 6.07) is 2.63. The number of hydrogen-bond acceptors (Lipinski definition) is 4. The lowest BCUT2D eigenvalue weighted by atomic mass is 10.0. The quantitative estimate of drug-likeness (QED) is 0.690. The predicted molar refractivity (Wildman–Crippen MR) is 82.4 cm³/mol. The molecule has 1 rings (SSSR count). The Hall–Kier alpha value is -2.37. The molecule has 5 nitrogen and oxygen atoms in total. The summed E-state index contributed by atoms with van der Waals surface area (Å²) in [6.45, 7) is 4.56. The van der Waals surface area contributed by atoms with Crippen LogP contribution in [0.5, 0.6) is 0 Å². The summed E-state index contributed by atoms with van der Waals surface area (Å²) in [5.74, 6) is -1.81. The van der Waals surface area contributed by atoms with Crippen molar-refractivity contribution in [3.8, 4) is 0 Å². The maximum absolute atomic E-state index is 13.4. The van der Waals surface area contributed by atoms with E-state index in [-0.39, 0.29) is 30.6 Å². The van der Waals surface area contributed by atoms with E-state index >= 15 is 0 Å². The van der Waals surface area contributed by atoms with Crippen molar-refractivity contribution >= 4 is 23.9 Å². The summed E-state index contributed by atoms with van der Waals surface area (Å²) in [5.41, 5.74) is 0.514. The second-order valence-electron chi connectivity index (χ2n) is 5.33. The molecule has 1 aromatic rings. The normalized spacial score (nSPS) is 11.7. The first kappa shape index (κ1) is 18.7. The molecular formula is C17H20FNO4. The summed E-state index contributed by atoms with van der Waals surface area (Å²) in [6.07, 6.45) is 0.749. The number of carbonyl (C=O) groups is 4. The average Bonchev–Trinajstić information content (AvgIpc) is 2.52. The van der Waals surface area contributed by atoms with Crippen molar-refractivity contribution in [3.05, 3.63) is 35.1 Å². The summed E-state index contributed by atoms with van der Waals surface area (Å²) in [4.78, 5) is 47.8. The first-order valence-corrected chi connectivity index (χ1v) is 7.38. The largest absolute Gasteiger partial charge is 0.300 e. The highest BCUT2D eigenvalue weighted by Gasteiger charge is 2.29. The third-order valence-corrected chi connectivity index (χ3v) is 3.67. The van der Waals surface area contributed by atoms with Crippen molar-refractivity contribution in [2.45, 2.75) is 46.1 Å². The number of halogens is 1. The van der Waals surface area contributed by atoms with Gasteiger partial charge in [-0.15, -0.1) is 0 Å². The van der Waals surface area contributed by atoms with Gasteiger partial charge in [-0.25, -0.2) is 4.39 Å². The van der Waals surface area contributed by atoms with Gasteiger partial charge in [0.05, 0.1) is 6.04 Å². The molecule has 0 N–H and O–H groups in total. The van der Waals surface area contributed by atoms with Gasteiger partial charge in [-0.2, -0.15) is 0 Å². The molecule has 0 bridgehead atoms. The molecule has 2 amide bonds. The number of rotatable bonds is 8. The van der Waals surface area contributed by atoms with Crippen molar-refractivity contribution < 1.29 is 23.6 Å². The van der Waals surface area contributed by atoms with Gasteiger partial charge in [-0.1, -0.05) is 13.0 Å². The van der Waals surface area contributed by atoms with E-state index in [1.54, 1.807) is 13.8 Å². The van der Waals surface area contributed by atoms with Gasteiger partial charge in [0.15, 0.2) is 5.78 Å². The number of hydrogen-bond donors (Lipinski definition) is 0. The molecule has 0 aromatic heterocycles. The van der Waals surface area contributed by atoms with Crippen LogP contribution < -0.4 is 0 Å². The van der Waals surface area contributed by atoms with Crippen LogP contribution in [-0.2, 0) is 14.4 Å². The molecule has 124 valence electrons. The SMILES string of the molecule is CCC(=O)CCC(C(C)=O)N(C=O)C(=O)c1cc(F)ccc1C. The van der Waals surface area contributed by atoms with E-state index in [9.17, 15) is 23.6 Å². The lowest BCUT2D eigenvalue weighted by Crippen LogP contribution is -2.44. The predicted octanol–water partition coefficient (Wildman–Crippen LogP) is 2.45. The number of Topliss-reactive ketones (excluding diaryl/α,β-unsaturated/α-hetero) is 2. The molecule has 1 unspecified atom stereocenters. The number of aryl methyl sites for hydroxylation is 1. The zero-order valence-electron chi connectivity index (χ0n) is 13.5. The van der Waals surface area contributed by atoms with E-state index in [0.29, 0.717) is 12.0 Å². The van der Waals surface area contributed by atoms with E-state index < -0.39 is 23.5 Å². The highest BCUT2D eigenvalue weighted by Crippen LogP contribution is 2.17. The monoisotopic (exact) mass is 321 g/mol. The van der Waals surface area contributed by atoms with Crippen LogP contribution in [0.25, 0.3) is 0 Å². The van der Waals surface area contributed by atoms with Gasteiger partial charge in [-0.3, -0.25) is 24.1 Å².